The van der Waals surface area contributed by atoms with Gasteiger partial charge in [0.05, 0.1) is 0 Å². The fourth-order valence-electron chi connectivity index (χ4n) is 2.61. The van der Waals surface area contributed by atoms with Crippen molar-refractivity contribution in [1.29, 1.82) is 5.26 Å². The molecule has 0 bridgehead atoms. The highest BCUT2D eigenvalue weighted by Gasteiger charge is 2.12. The van der Waals surface area contributed by atoms with E-state index >= 15 is 0 Å². The lowest BCUT2D eigenvalue weighted by Crippen LogP contribution is -2.01. The Morgan fingerprint density at radius 3 is 2.36 bits per heavy atom. The smallest absolute Gasteiger partial charge is 0.203 e. The minimum absolute atomic E-state index is 0.0913. The van der Waals surface area contributed by atoms with E-state index in [1.165, 1.54) is 0 Å². The van der Waals surface area contributed by atoms with Crippen LogP contribution in [-0.2, 0) is 6.61 Å². The second-order valence-electron chi connectivity index (χ2n) is 6.31. The number of nitrogens with zero attached hydrogens (tertiary/aromatic N) is 1. The van der Waals surface area contributed by atoms with Crippen LogP contribution in [0.5, 0.6) is 5.75 Å². The Labute approximate surface area is 169 Å². The maximum atomic E-state index is 12.5. The summed E-state index contributed by atoms with van der Waals surface area (Å²) in [5.41, 5.74) is 3.31. The number of Topliss-reactive ketones (excluding diaryl/α,β-unsaturated/α-hetero) is 1. The third-order valence-electron chi connectivity index (χ3n) is 4.22. The van der Waals surface area contributed by atoms with Gasteiger partial charge in [-0.1, -0.05) is 71.8 Å². The molecule has 3 aromatic carbocycles. The van der Waals surface area contributed by atoms with Crippen molar-refractivity contribution in [3.8, 4) is 11.8 Å². The number of rotatable bonds is 6. The van der Waals surface area contributed by atoms with Crippen molar-refractivity contribution in [2.24, 2.45) is 0 Å². The second-order valence-corrected chi connectivity index (χ2v) is 6.72. The highest BCUT2D eigenvalue weighted by atomic mass is 35.5. The number of ketones is 1. The van der Waals surface area contributed by atoms with E-state index in [2.05, 4.69) is 0 Å². The molecule has 0 unspecified atom stereocenters. The summed E-state index contributed by atoms with van der Waals surface area (Å²) < 4.78 is 5.75. The third-order valence-corrected chi connectivity index (χ3v) is 4.59. The summed E-state index contributed by atoms with van der Waals surface area (Å²) >= 11 is 6.13. The molecule has 0 spiro atoms. The van der Waals surface area contributed by atoms with Crippen molar-refractivity contribution in [2.75, 3.05) is 0 Å². The van der Waals surface area contributed by atoms with Crippen molar-refractivity contribution in [2.45, 2.75) is 13.5 Å². The Hall–Kier alpha value is -3.35. The molecule has 0 amide bonds. The molecule has 4 heteroatoms. The number of benzene rings is 3. The Morgan fingerprint density at radius 2 is 1.71 bits per heavy atom. The Kier molecular flexibility index (Phi) is 6.26. The largest absolute Gasteiger partial charge is 0.489 e. The molecule has 0 saturated heterocycles. The van der Waals surface area contributed by atoms with Gasteiger partial charge >= 0.3 is 0 Å². The van der Waals surface area contributed by atoms with Gasteiger partial charge in [0.1, 0.15) is 24.0 Å². The molecule has 0 aliphatic carbocycles. The first kappa shape index (κ1) is 19.4. The number of ether oxygens (including phenoxy) is 1. The second kappa shape index (κ2) is 9.03. The van der Waals surface area contributed by atoms with Crippen LogP contribution in [0.1, 0.15) is 27.0 Å². The van der Waals surface area contributed by atoms with Crippen molar-refractivity contribution < 1.29 is 9.53 Å². The summed E-state index contributed by atoms with van der Waals surface area (Å²) in [6.07, 6.45) is 1.58. The van der Waals surface area contributed by atoms with Crippen molar-refractivity contribution in [3.05, 3.63) is 106 Å². The van der Waals surface area contributed by atoms with Gasteiger partial charge in [-0.3, -0.25) is 4.79 Å². The summed E-state index contributed by atoms with van der Waals surface area (Å²) in [5, 5.41) is 10.1. The van der Waals surface area contributed by atoms with E-state index < -0.39 is 0 Å². The first-order valence-electron chi connectivity index (χ1n) is 8.76. The Morgan fingerprint density at radius 1 is 1.04 bits per heavy atom. The van der Waals surface area contributed by atoms with Crippen molar-refractivity contribution in [1.82, 2.24) is 0 Å². The fraction of sp³-hybridized carbons (Fsp3) is 0.0833. The van der Waals surface area contributed by atoms with Gasteiger partial charge in [-0.05, 0) is 36.8 Å². The van der Waals surface area contributed by atoms with Gasteiger partial charge < -0.3 is 4.74 Å². The third kappa shape index (κ3) is 4.88. The molecule has 3 aromatic rings. The average molecular weight is 388 g/mol. The van der Waals surface area contributed by atoms with Gasteiger partial charge in [-0.2, -0.15) is 5.26 Å². The minimum Gasteiger partial charge on any atom is -0.489 e. The van der Waals surface area contributed by atoms with Crippen LogP contribution in [0.25, 0.3) is 6.08 Å². The molecule has 0 aliphatic rings. The highest BCUT2D eigenvalue weighted by molar-refractivity contribution is 6.31. The van der Waals surface area contributed by atoms with Crippen LogP contribution < -0.4 is 4.74 Å². The molecule has 0 aromatic heterocycles. The number of nitriles is 1. The molecule has 0 radical (unpaired) electrons. The molecular formula is C24H18ClNO2. The predicted octanol–water partition coefficient (Wildman–Crippen LogP) is 6.02. The van der Waals surface area contributed by atoms with Gasteiger partial charge in [0.25, 0.3) is 0 Å². The first-order valence-corrected chi connectivity index (χ1v) is 9.14. The maximum absolute atomic E-state index is 12.5. The van der Waals surface area contributed by atoms with Gasteiger partial charge in [0.15, 0.2) is 0 Å². The molecule has 28 heavy (non-hydrogen) atoms. The number of carbonyl (C=O) groups is 1. The monoisotopic (exact) mass is 387 g/mol. The quantitative estimate of drug-likeness (QED) is 0.295. The van der Waals surface area contributed by atoms with Crippen molar-refractivity contribution >= 4 is 23.5 Å². The maximum Gasteiger partial charge on any atom is 0.203 e. The average Bonchev–Trinajstić information content (AvgIpc) is 2.72. The summed E-state index contributed by atoms with van der Waals surface area (Å²) in [6.45, 7) is 2.31. The van der Waals surface area contributed by atoms with Crippen LogP contribution in [0.3, 0.4) is 0 Å². The molecule has 0 saturated carbocycles. The summed E-state index contributed by atoms with van der Waals surface area (Å²) in [5.74, 6) is 0.391. The van der Waals surface area contributed by atoms with Gasteiger partial charge in [0.2, 0.25) is 5.78 Å². The summed E-state index contributed by atoms with van der Waals surface area (Å²) in [6, 6.07) is 23.9. The van der Waals surface area contributed by atoms with Crippen LogP contribution in [0.2, 0.25) is 5.02 Å². The lowest BCUT2D eigenvalue weighted by molar-refractivity contribution is 0.104. The minimum atomic E-state index is -0.290. The Bertz CT molecular complexity index is 1050. The number of allylic oxidation sites excluding steroid dienone is 1. The number of aryl methyl sites for hydroxylation is 1. The number of carbonyl (C=O) groups excluding carboxylic acids is 1. The highest BCUT2D eigenvalue weighted by Crippen LogP contribution is 2.20. The van der Waals surface area contributed by atoms with Crippen molar-refractivity contribution in [3.63, 3.8) is 0 Å². The molecule has 0 heterocycles. The van der Waals surface area contributed by atoms with E-state index in [1.54, 1.807) is 30.3 Å². The SMILES string of the molecule is Cc1ccc(C(=O)/C(C#N)=C/c2ccc(OCc3ccccc3Cl)cc2)cc1. The van der Waals surface area contributed by atoms with E-state index in [0.717, 1.165) is 16.7 Å². The molecular weight excluding hydrogens is 370 g/mol. The van der Waals surface area contributed by atoms with E-state index in [0.29, 0.717) is 22.9 Å². The molecule has 3 nitrogen and oxygen atoms in total. The standard InChI is InChI=1S/C24H18ClNO2/c1-17-6-10-19(11-7-17)24(27)21(15-26)14-18-8-12-22(13-9-18)28-16-20-4-2-3-5-23(20)25/h2-14H,16H2,1H3/b21-14+. The van der Waals surface area contributed by atoms with Crippen LogP contribution in [0.15, 0.2) is 78.4 Å². The lowest BCUT2D eigenvalue weighted by atomic mass is 10.0. The van der Waals surface area contributed by atoms with Gasteiger partial charge in [-0.15, -0.1) is 0 Å². The Balaban J connectivity index is 1.71. The predicted molar refractivity (Wildman–Crippen MR) is 111 cm³/mol. The topological polar surface area (TPSA) is 50.1 Å². The van der Waals surface area contributed by atoms with E-state index in [-0.39, 0.29) is 11.4 Å². The van der Waals surface area contributed by atoms with Crippen LogP contribution in [0, 0.1) is 18.3 Å². The van der Waals surface area contributed by atoms with E-state index in [9.17, 15) is 10.1 Å². The molecule has 3 rings (SSSR count). The fourth-order valence-corrected chi connectivity index (χ4v) is 2.80. The molecule has 0 aliphatic heterocycles. The lowest BCUT2D eigenvalue weighted by Gasteiger charge is -2.08. The zero-order chi connectivity index (χ0) is 19.9. The van der Waals surface area contributed by atoms with Crippen LogP contribution in [0.4, 0.5) is 0 Å². The zero-order valence-corrected chi connectivity index (χ0v) is 16.1. The number of hydrogen-bond acceptors (Lipinski definition) is 3. The van der Waals surface area contributed by atoms with Gasteiger partial charge in [0, 0.05) is 16.1 Å². The molecule has 138 valence electrons. The first-order chi connectivity index (χ1) is 13.6. The summed E-state index contributed by atoms with van der Waals surface area (Å²) in [4.78, 5) is 12.5. The van der Waals surface area contributed by atoms with E-state index in [1.807, 2.05) is 61.5 Å². The normalized spacial score (nSPS) is 11.0. The molecule has 0 atom stereocenters. The van der Waals surface area contributed by atoms with Gasteiger partial charge in [-0.25, -0.2) is 0 Å². The number of hydrogen-bond donors (Lipinski definition) is 0. The van der Waals surface area contributed by atoms with Crippen LogP contribution in [-0.4, -0.2) is 5.78 Å². The zero-order valence-electron chi connectivity index (χ0n) is 15.4. The van der Waals surface area contributed by atoms with E-state index in [4.69, 9.17) is 16.3 Å². The summed E-state index contributed by atoms with van der Waals surface area (Å²) in [7, 11) is 0. The molecule has 0 fully saturated rings. The molecule has 0 N–H and O–H groups in total. The number of halogens is 1. The van der Waals surface area contributed by atoms with Crippen LogP contribution >= 0.6 is 11.6 Å².